The zero-order valence-electron chi connectivity index (χ0n) is 9.94. The number of ether oxygens (including phenoxy) is 2. The molecule has 90 valence electrons. The number of nitrogens with zero attached hydrogens (tertiary/aromatic N) is 1. The van der Waals surface area contributed by atoms with Gasteiger partial charge in [0, 0.05) is 12.1 Å². The summed E-state index contributed by atoms with van der Waals surface area (Å²) < 4.78 is 11.1. The summed E-state index contributed by atoms with van der Waals surface area (Å²) in [4.78, 5) is 2.10. The van der Waals surface area contributed by atoms with Crippen molar-refractivity contribution in [2.45, 2.75) is 4.11 Å². The highest BCUT2D eigenvalue weighted by Crippen LogP contribution is 2.31. The molecule has 0 bridgehead atoms. The van der Waals surface area contributed by atoms with Crippen LogP contribution in [0, 0.1) is 0 Å². The highest BCUT2D eigenvalue weighted by Gasteiger charge is 2.12. The van der Waals surface area contributed by atoms with E-state index in [1.807, 2.05) is 38.4 Å². The molecule has 0 aromatic heterocycles. The lowest BCUT2D eigenvalue weighted by molar-refractivity contribution is 0.107. The Morgan fingerprint density at radius 2 is 2.00 bits per heavy atom. The van der Waals surface area contributed by atoms with Crippen molar-refractivity contribution in [1.82, 2.24) is 4.90 Å². The molecule has 1 unspecified atom stereocenters. The third-order valence-electron chi connectivity index (χ3n) is 2.19. The molecule has 0 saturated carbocycles. The molecule has 16 heavy (non-hydrogen) atoms. The number of rotatable bonds is 6. The first-order valence-corrected chi connectivity index (χ1v) is 6.43. The molecule has 1 rings (SSSR count). The van der Waals surface area contributed by atoms with Gasteiger partial charge in [-0.25, -0.2) is 0 Å². The summed E-state index contributed by atoms with van der Waals surface area (Å²) in [7, 11) is 5.76. The molecule has 3 nitrogen and oxygen atoms in total. The quantitative estimate of drug-likeness (QED) is 0.589. The predicted octanol–water partition coefficient (Wildman–Crippen LogP) is 2.71. The first kappa shape index (κ1) is 13.7. The second-order valence-corrected chi connectivity index (χ2v) is 4.86. The number of para-hydroxylation sites is 1. The van der Waals surface area contributed by atoms with Gasteiger partial charge in [0.05, 0.1) is 13.7 Å². The normalized spacial score (nSPS) is 12.8. The summed E-state index contributed by atoms with van der Waals surface area (Å²) in [5, 5.41) is 0. The fourth-order valence-corrected chi connectivity index (χ4v) is 2.05. The Bertz CT molecular complexity index is 318. The molecule has 0 aliphatic heterocycles. The highest BCUT2D eigenvalue weighted by atomic mass is 127. The lowest BCUT2D eigenvalue weighted by Gasteiger charge is -2.16. The van der Waals surface area contributed by atoms with Crippen LogP contribution in [0.4, 0.5) is 0 Å². The Kier molecular flexibility index (Phi) is 6.08. The zero-order valence-corrected chi connectivity index (χ0v) is 12.1. The van der Waals surface area contributed by atoms with E-state index in [1.165, 1.54) is 0 Å². The van der Waals surface area contributed by atoms with Crippen molar-refractivity contribution < 1.29 is 9.47 Å². The lowest BCUT2D eigenvalue weighted by Crippen LogP contribution is -2.18. The molecule has 1 aromatic rings. The molecule has 0 radical (unpaired) electrons. The third kappa shape index (κ3) is 4.27. The molecule has 0 aliphatic rings. The van der Waals surface area contributed by atoms with Crippen molar-refractivity contribution in [3.05, 3.63) is 29.8 Å². The van der Waals surface area contributed by atoms with E-state index in [9.17, 15) is 0 Å². The zero-order chi connectivity index (χ0) is 12.0. The number of halogens is 1. The Balaban J connectivity index is 2.55. The molecule has 1 aromatic carbocycles. The molecular weight excluding hydrogens is 317 g/mol. The van der Waals surface area contributed by atoms with Gasteiger partial charge in [0.2, 0.25) is 0 Å². The molecule has 1 atom stereocenters. The summed E-state index contributed by atoms with van der Waals surface area (Å²) in [6.07, 6.45) is 0. The van der Waals surface area contributed by atoms with E-state index in [0.29, 0.717) is 0 Å². The van der Waals surface area contributed by atoms with Crippen molar-refractivity contribution in [3.8, 4) is 5.75 Å². The first-order valence-electron chi connectivity index (χ1n) is 5.18. The van der Waals surface area contributed by atoms with Gasteiger partial charge in [-0.05, 0) is 42.8 Å². The number of alkyl halides is 1. The van der Waals surface area contributed by atoms with E-state index in [4.69, 9.17) is 9.47 Å². The van der Waals surface area contributed by atoms with Crippen LogP contribution in [0.1, 0.15) is 9.67 Å². The largest absolute Gasteiger partial charge is 0.496 e. The van der Waals surface area contributed by atoms with E-state index in [0.717, 1.165) is 24.5 Å². The minimum absolute atomic E-state index is 0.0358. The summed E-state index contributed by atoms with van der Waals surface area (Å²) in [6, 6.07) is 7.95. The van der Waals surface area contributed by atoms with Gasteiger partial charge in [-0.1, -0.05) is 18.2 Å². The SMILES string of the molecule is COc1ccccc1C(I)OCCN(C)C. The molecule has 0 aliphatic carbocycles. The maximum absolute atomic E-state index is 5.75. The van der Waals surface area contributed by atoms with E-state index in [1.54, 1.807) is 7.11 Å². The molecule has 0 amide bonds. The van der Waals surface area contributed by atoms with Gasteiger partial charge in [0.25, 0.3) is 0 Å². The predicted molar refractivity (Wildman–Crippen MR) is 74.3 cm³/mol. The highest BCUT2D eigenvalue weighted by molar-refractivity contribution is 14.1. The van der Waals surface area contributed by atoms with Crippen LogP contribution in [-0.2, 0) is 4.74 Å². The fourth-order valence-electron chi connectivity index (χ4n) is 1.28. The van der Waals surface area contributed by atoms with Gasteiger partial charge < -0.3 is 14.4 Å². The van der Waals surface area contributed by atoms with Gasteiger partial charge in [0.1, 0.15) is 9.86 Å². The van der Waals surface area contributed by atoms with Crippen LogP contribution in [-0.4, -0.2) is 39.3 Å². The monoisotopic (exact) mass is 335 g/mol. The molecule has 0 fully saturated rings. The maximum Gasteiger partial charge on any atom is 0.137 e. The van der Waals surface area contributed by atoms with Crippen molar-refractivity contribution in [1.29, 1.82) is 0 Å². The van der Waals surface area contributed by atoms with Crippen LogP contribution in [0.3, 0.4) is 0 Å². The smallest absolute Gasteiger partial charge is 0.137 e. The average Bonchev–Trinajstić information content (AvgIpc) is 2.28. The van der Waals surface area contributed by atoms with Gasteiger partial charge in [-0.15, -0.1) is 0 Å². The summed E-state index contributed by atoms with van der Waals surface area (Å²) in [6.45, 7) is 1.65. The second-order valence-electron chi connectivity index (χ2n) is 3.73. The van der Waals surface area contributed by atoms with Crippen molar-refractivity contribution >= 4 is 22.6 Å². The Morgan fingerprint density at radius 1 is 1.31 bits per heavy atom. The van der Waals surface area contributed by atoms with Crippen LogP contribution in [0.15, 0.2) is 24.3 Å². The Morgan fingerprint density at radius 3 is 2.62 bits per heavy atom. The van der Waals surface area contributed by atoms with E-state index >= 15 is 0 Å². The summed E-state index contributed by atoms with van der Waals surface area (Å²) in [5.41, 5.74) is 1.09. The van der Waals surface area contributed by atoms with Crippen LogP contribution >= 0.6 is 22.6 Å². The number of methoxy groups -OCH3 is 1. The Labute approximate surface area is 111 Å². The minimum Gasteiger partial charge on any atom is -0.496 e. The van der Waals surface area contributed by atoms with Crippen LogP contribution in [0.25, 0.3) is 0 Å². The van der Waals surface area contributed by atoms with Gasteiger partial charge in [-0.2, -0.15) is 0 Å². The van der Waals surface area contributed by atoms with Crippen LogP contribution in [0.5, 0.6) is 5.75 Å². The number of likely N-dealkylation sites (N-methyl/N-ethyl adjacent to an activating group) is 1. The van der Waals surface area contributed by atoms with Crippen molar-refractivity contribution in [3.63, 3.8) is 0 Å². The van der Waals surface area contributed by atoms with E-state index in [2.05, 4.69) is 27.5 Å². The summed E-state index contributed by atoms with van der Waals surface area (Å²) >= 11 is 2.28. The molecule has 0 spiro atoms. The van der Waals surface area contributed by atoms with Gasteiger partial charge >= 0.3 is 0 Å². The van der Waals surface area contributed by atoms with Crippen molar-refractivity contribution in [2.75, 3.05) is 34.4 Å². The van der Waals surface area contributed by atoms with E-state index < -0.39 is 0 Å². The topological polar surface area (TPSA) is 21.7 Å². The molecule has 0 heterocycles. The van der Waals surface area contributed by atoms with Crippen LogP contribution < -0.4 is 4.74 Å². The van der Waals surface area contributed by atoms with E-state index in [-0.39, 0.29) is 4.11 Å². The number of hydrogen-bond acceptors (Lipinski definition) is 3. The van der Waals surface area contributed by atoms with Crippen molar-refractivity contribution in [2.24, 2.45) is 0 Å². The fraction of sp³-hybridized carbons (Fsp3) is 0.500. The van der Waals surface area contributed by atoms with Crippen LogP contribution in [0.2, 0.25) is 0 Å². The molecule has 0 saturated heterocycles. The standard InChI is InChI=1S/C12H18INO2/c1-14(2)8-9-16-12(13)10-6-4-5-7-11(10)15-3/h4-7,12H,8-9H2,1-3H3. The number of benzene rings is 1. The average molecular weight is 335 g/mol. The molecule has 4 heteroatoms. The second kappa shape index (κ2) is 7.09. The third-order valence-corrected chi connectivity index (χ3v) is 3.22. The Hall–Kier alpha value is -0.330. The summed E-state index contributed by atoms with van der Waals surface area (Å²) in [5.74, 6) is 0.881. The number of hydrogen-bond donors (Lipinski definition) is 0. The molecule has 0 N–H and O–H groups in total. The van der Waals surface area contributed by atoms with Gasteiger partial charge in [0.15, 0.2) is 0 Å². The van der Waals surface area contributed by atoms with Gasteiger partial charge in [-0.3, -0.25) is 0 Å². The lowest BCUT2D eigenvalue weighted by atomic mass is 10.2. The maximum atomic E-state index is 5.75. The minimum atomic E-state index is 0.0358. The first-order chi connectivity index (χ1) is 7.65. The molecular formula is C12H18INO2.